The number of hydrogen-bond acceptors (Lipinski definition) is 2. The Bertz CT molecular complexity index is 857. The Morgan fingerprint density at radius 3 is 2.67 bits per heavy atom. The van der Waals surface area contributed by atoms with Crippen LogP contribution in [-0.4, -0.2) is 23.1 Å². The number of H-pyrrole nitrogens is 1. The predicted molar refractivity (Wildman–Crippen MR) is 84.9 cm³/mol. The Hall–Kier alpha value is -2.58. The number of ketones is 1. The number of benzene rings is 1. The van der Waals surface area contributed by atoms with Crippen molar-refractivity contribution in [2.24, 2.45) is 0 Å². The van der Waals surface area contributed by atoms with Crippen LogP contribution in [0.4, 0.5) is 0 Å². The monoisotopic (exact) mass is 272 g/mol. The summed E-state index contributed by atoms with van der Waals surface area (Å²) >= 11 is 0. The molecule has 3 nitrogen and oxygen atoms in total. The number of carbonyl (C=O) groups excluding carboxylic acids is 1. The van der Waals surface area contributed by atoms with Gasteiger partial charge >= 0.3 is 123 Å². The van der Waals surface area contributed by atoms with E-state index in [1.807, 2.05) is 42.6 Å². The molecule has 2 heterocycles. The second kappa shape index (κ2) is 5.43. The Labute approximate surface area is 123 Å². The van der Waals surface area contributed by atoms with Crippen molar-refractivity contribution in [1.29, 1.82) is 0 Å². The molecule has 0 spiro atoms. The average Bonchev–Trinajstić information content (AvgIpc) is 2.90. The molecule has 0 unspecified atom stereocenters. The molecular weight excluding hydrogens is 259 g/mol. The summed E-state index contributed by atoms with van der Waals surface area (Å²) < 4.78 is 0. The van der Waals surface area contributed by atoms with Gasteiger partial charge in [-0.05, 0) is 0 Å². The van der Waals surface area contributed by atoms with Crippen molar-refractivity contribution < 1.29 is 4.79 Å². The number of Topliss-reactive ketones (excluding diaryl/α,β-unsaturated/α-hetero) is 1. The zero-order chi connectivity index (χ0) is 14.8. The molecular formula is C17H13BN2O. The van der Waals surface area contributed by atoms with Crippen molar-refractivity contribution in [3.05, 3.63) is 53.7 Å². The van der Waals surface area contributed by atoms with E-state index in [4.69, 9.17) is 7.33 Å². The minimum atomic E-state index is 0.0619. The molecule has 0 bridgehead atoms. The topological polar surface area (TPSA) is 45.8 Å². The SMILES string of the molecule is B#CCc1c[nH]c2ccc(-c3ccc(C(C)=O)cc3)nc12. The summed E-state index contributed by atoms with van der Waals surface area (Å²) in [5.74, 6) is 2.71. The molecule has 0 saturated heterocycles. The van der Waals surface area contributed by atoms with E-state index < -0.39 is 0 Å². The van der Waals surface area contributed by atoms with Crippen LogP contribution in [0.1, 0.15) is 22.8 Å². The van der Waals surface area contributed by atoms with Crippen LogP contribution in [0.25, 0.3) is 22.3 Å². The van der Waals surface area contributed by atoms with Crippen molar-refractivity contribution in [1.82, 2.24) is 9.97 Å². The summed E-state index contributed by atoms with van der Waals surface area (Å²) in [6.07, 6.45) is 2.46. The van der Waals surface area contributed by atoms with Crippen molar-refractivity contribution in [3.8, 4) is 17.1 Å². The Kier molecular flexibility index (Phi) is 3.47. The first-order valence-electron chi connectivity index (χ1n) is 6.71. The number of pyridine rings is 1. The number of hydrogen-bond donors (Lipinski definition) is 1. The third kappa shape index (κ3) is 2.54. The first-order chi connectivity index (χ1) is 10.2. The maximum atomic E-state index is 11.3. The van der Waals surface area contributed by atoms with E-state index in [0.29, 0.717) is 12.0 Å². The molecule has 3 aromatic rings. The summed E-state index contributed by atoms with van der Waals surface area (Å²) in [5, 5.41) is 0. The van der Waals surface area contributed by atoms with E-state index in [0.717, 1.165) is 27.9 Å². The fourth-order valence-corrected chi connectivity index (χ4v) is 2.33. The van der Waals surface area contributed by atoms with E-state index in [9.17, 15) is 4.79 Å². The van der Waals surface area contributed by atoms with E-state index in [-0.39, 0.29) is 5.78 Å². The molecule has 1 N–H and O–H groups in total. The van der Waals surface area contributed by atoms with Crippen LogP contribution in [0.2, 0.25) is 0 Å². The standard InChI is InChI=1S/C17H13BN2O/c1-11(21)12-2-4-13(5-3-12)15-6-7-16-17(20-15)14(8-9-18)10-19-16/h2-7,10,19H,8H2,1H3. The molecule has 2 aromatic heterocycles. The molecule has 21 heavy (non-hydrogen) atoms. The molecule has 0 aliphatic heterocycles. The zero-order valence-electron chi connectivity index (χ0n) is 11.7. The van der Waals surface area contributed by atoms with Gasteiger partial charge in [0, 0.05) is 0 Å². The Morgan fingerprint density at radius 2 is 2.00 bits per heavy atom. The van der Waals surface area contributed by atoms with E-state index in [2.05, 4.69) is 15.8 Å². The van der Waals surface area contributed by atoms with Crippen LogP contribution in [0, 0.1) is 5.80 Å². The van der Waals surface area contributed by atoms with Gasteiger partial charge in [-0.15, -0.1) is 0 Å². The Balaban J connectivity index is 2.05. The quantitative estimate of drug-likeness (QED) is 0.588. The molecule has 0 fully saturated rings. The van der Waals surface area contributed by atoms with Gasteiger partial charge in [-0.3, -0.25) is 0 Å². The molecule has 0 saturated carbocycles. The minimum absolute atomic E-state index is 0.0619. The van der Waals surface area contributed by atoms with Crippen LogP contribution in [-0.2, 0) is 6.42 Å². The van der Waals surface area contributed by atoms with Crippen LogP contribution in [0.3, 0.4) is 0 Å². The normalized spacial score (nSPS) is 10.6. The van der Waals surface area contributed by atoms with Gasteiger partial charge < -0.3 is 0 Å². The van der Waals surface area contributed by atoms with Crippen LogP contribution < -0.4 is 0 Å². The zero-order valence-corrected chi connectivity index (χ0v) is 11.7. The fraction of sp³-hybridized carbons (Fsp3) is 0.118. The predicted octanol–water partition coefficient (Wildman–Crippen LogP) is 3.10. The number of nitrogens with zero attached hydrogens (tertiary/aromatic N) is 1. The van der Waals surface area contributed by atoms with Crippen molar-refractivity contribution in [2.45, 2.75) is 13.3 Å². The van der Waals surface area contributed by atoms with Gasteiger partial charge in [0.1, 0.15) is 0 Å². The molecule has 0 aliphatic rings. The van der Waals surface area contributed by atoms with Crippen LogP contribution >= 0.6 is 0 Å². The number of carbonyl (C=O) groups is 1. The molecule has 3 rings (SSSR count). The molecule has 0 radical (unpaired) electrons. The first-order valence-corrected chi connectivity index (χ1v) is 6.71. The summed E-state index contributed by atoms with van der Waals surface area (Å²) in [5.41, 5.74) is 5.46. The van der Waals surface area contributed by atoms with Gasteiger partial charge in [-0.1, -0.05) is 0 Å². The van der Waals surface area contributed by atoms with Gasteiger partial charge in [0.25, 0.3) is 0 Å². The third-order valence-electron chi connectivity index (χ3n) is 3.48. The van der Waals surface area contributed by atoms with Gasteiger partial charge in [0.05, 0.1) is 0 Å². The summed E-state index contributed by atoms with van der Waals surface area (Å²) in [6.45, 7) is 1.56. The number of aromatic nitrogens is 2. The number of aromatic amines is 1. The number of fused-ring (bicyclic) bond motifs is 1. The third-order valence-corrected chi connectivity index (χ3v) is 3.48. The molecule has 100 valence electrons. The number of nitrogens with one attached hydrogen (secondary N) is 1. The van der Waals surface area contributed by atoms with Crippen molar-refractivity contribution >= 4 is 24.1 Å². The molecule has 0 aliphatic carbocycles. The molecule has 4 heteroatoms. The molecule has 0 amide bonds. The van der Waals surface area contributed by atoms with Gasteiger partial charge in [0.2, 0.25) is 0 Å². The van der Waals surface area contributed by atoms with Gasteiger partial charge in [0.15, 0.2) is 0 Å². The van der Waals surface area contributed by atoms with E-state index >= 15 is 0 Å². The summed E-state index contributed by atoms with van der Waals surface area (Å²) in [7, 11) is 5.38. The van der Waals surface area contributed by atoms with Gasteiger partial charge in [-0.2, -0.15) is 0 Å². The van der Waals surface area contributed by atoms with Crippen molar-refractivity contribution in [2.75, 3.05) is 0 Å². The van der Waals surface area contributed by atoms with Gasteiger partial charge in [-0.25, -0.2) is 0 Å². The van der Waals surface area contributed by atoms with Crippen LogP contribution in [0.15, 0.2) is 42.6 Å². The van der Waals surface area contributed by atoms with E-state index in [1.54, 1.807) is 6.92 Å². The summed E-state index contributed by atoms with van der Waals surface area (Å²) in [4.78, 5) is 19.2. The second-order valence-electron chi connectivity index (χ2n) is 4.92. The molecule has 0 atom stereocenters. The maximum absolute atomic E-state index is 11.3. The van der Waals surface area contributed by atoms with E-state index in [1.165, 1.54) is 0 Å². The van der Waals surface area contributed by atoms with Crippen molar-refractivity contribution in [3.63, 3.8) is 0 Å². The molecule has 1 aromatic carbocycles. The second-order valence-corrected chi connectivity index (χ2v) is 4.92. The first kappa shape index (κ1) is 13.4. The Morgan fingerprint density at radius 1 is 1.24 bits per heavy atom. The fourth-order valence-electron chi connectivity index (χ4n) is 2.33. The average molecular weight is 272 g/mol. The van der Waals surface area contributed by atoms with Crippen LogP contribution in [0.5, 0.6) is 0 Å². The summed E-state index contributed by atoms with van der Waals surface area (Å²) in [6, 6.07) is 11.4. The number of rotatable bonds is 3.